The molecule has 0 spiro atoms. The number of rotatable bonds is 1. The third kappa shape index (κ3) is 1.74. The van der Waals surface area contributed by atoms with Crippen molar-refractivity contribution in [1.82, 2.24) is 0 Å². The van der Waals surface area contributed by atoms with E-state index in [0.717, 1.165) is 18.4 Å². The molecule has 2 N–H and O–H groups in total. The highest BCUT2D eigenvalue weighted by Gasteiger charge is 2.10. The second-order valence-corrected chi connectivity index (χ2v) is 3.68. The van der Waals surface area contributed by atoms with Gasteiger partial charge in [-0.2, -0.15) is 0 Å². The standard InChI is InChI=1S/C12H14O2/c13-10-6-7-11(12(14)8-10)9-4-2-1-3-5-9/h4,6-8,13-14H,1-3,5H2. The number of hydrogen-bond acceptors (Lipinski definition) is 2. The Morgan fingerprint density at radius 2 is 1.93 bits per heavy atom. The van der Waals surface area contributed by atoms with Crippen molar-refractivity contribution in [2.75, 3.05) is 0 Å². The Kier molecular flexibility index (Phi) is 2.44. The molecule has 1 aromatic rings. The average molecular weight is 190 g/mol. The molecule has 0 saturated heterocycles. The van der Waals surface area contributed by atoms with Crippen LogP contribution in [0.2, 0.25) is 0 Å². The molecule has 2 heteroatoms. The second-order valence-electron chi connectivity index (χ2n) is 3.68. The zero-order valence-corrected chi connectivity index (χ0v) is 8.03. The molecule has 0 heterocycles. The largest absolute Gasteiger partial charge is 0.508 e. The van der Waals surface area contributed by atoms with Gasteiger partial charge in [0.1, 0.15) is 11.5 Å². The first-order valence-corrected chi connectivity index (χ1v) is 4.99. The van der Waals surface area contributed by atoms with Crippen molar-refractivity contribution in [3.8, 4) is 11.5 Å². The molecule has 0 aliphatic heterocycles. The van der Waals surface area contributed by atoms with Gasteiger partial charge in [-0.25, -0.2) is 0 Å². The zero-order valence-electron chi connectivity index (χ0n) is 8.03. The molecule has 0 radical (unpaired) electrons. The fraction of sp³-hybridized carbons (Fsp3) is 0.333. The average Bonchev–Trinajstić information content (AvgIpc) is 2.19. The molecule has 0 aromatic heterocycles. The van der Waals surface area contributed by atoms with Gasteiger partial charge < -0.3 is 10.2 Å². The minimum atomic E-state index is 0.114. The van der Waals surface area contributed by atoms with E-state index >= 15 is 0 Å². The first kappa shape index (κ1) is 9.13. The zero-order chi connectivity index (χ0) is 9.97. The van der Waals surface area contributed by atoms with Crippen molar-refractivity contribution < 1.29 is 10.2 Å². The maximum absolute atomic E-state index is 9.64. The van der Waals surface area contributed by atoms with Crippen molar-refractivity contribution in [2.24, 2.45) is 0 Å². The lowest BCUT2D eigenvalue weighted by Gasteiger charge is -2.14. The van der Waals surface area contributed by atoms with Crippen LogP contribution in [0.5, 0.6) is 11.5 Å². The molecule has 1 aromatic carbocycles. The molecule has 0 amide bonds. The summed E-state index contributed by atoms with van der Waals surface area (Å²) in [6.45, 7) is 0. The molecule has 2 nitrogen and oxygen atoms in total. The van der Waals surface area contributed by atoms with E-state index in [4.69, 9.17) is 5.11 Å². The van der Waals surface area contributed by atoms with Gasteiger partial charge in [-0.15, -0.1) is 0 Å². The third-order valence-corrected chi connectivity index (χ3v) is 2.62. The van der Waals surface area contributed by atoms with Gasteiger partial charge in [0.05, 0.1) is 0 Å². The van der Waals surface area contributed by atoms with E-state index in [1.54, 1.807) is 12.1 Å². The molecule has 0 saturated carbocycles. The second kappa shape index (κ2) is 3.74. The smallest absolute Gasteiger partial charge is 0.126 e. The van der Waals surface area contributed by atoms with E-state index in [1.807, 2.05) is 0 Å². The highest BCUT2D eigenvalue weighted by atomic mass is 16.3. The van der Waals surface area contributed by atoms with Crippen LogP contribution in [-0.4, -0.2) is 10.2 Å². The molecule has 0 bridgehead atoms. The molecule has 0 fully saturated rings. The van der Waals surface area contributed by atoms with Crippen LogP contribution in [-0.2, 0) is 0 Å². The van der Waals surface area contributed by atoms with Gasteiger partial charge >= 0.3 is 0 Å². The van der Waals surface area contributed by atoms with E-state index in [9.17, 15) is 5.11 Å². The van der Waals surface area contributed by atoms with Crippen LogP contribution in [0.15, 0.2) is 24.3 Å². The summed E-state index contributed by atoms with van der Waals surface area (Å²) < 4.78 is 0. The first-order valence-electron chi connectivity index (χ1n) is 4.99. The number of aromatic hydroxyl groups is 2. The molecule has 14 heavy (non-hydrogen) atoms. The Bertz CT molecular complexity index is 367. The number of phenolic OH excluding ortho intramolecular Hbond substituents is 2. The van der Waals surface area contributed by atoms with Crippen LogP contribution in [0, 0.1) is 0 Å². The van der Waals surface area contributed by atoms with Gasteiger partial charge in [0.25, 0.3) is 0 Å². The van der Waals surface area contributed by atoms with Crippen molar-refractivity contribution >= 4 is 5.57 Å². The summed E-state index contributed by atoms with van der Waals surface area (Å²) in [4.78, 5) is 0. The summed E-state index contributed by atoms with van der Waals surface area (Å²) in [5.74, 6) is 0.292. The van der Waals surface area contributed by atoms with E-state index in [-0.39, 0.29) is 11.5 Å². The lowest BCUT2D eigenvalue weighted by molar-refractivity contribution is 0.449. The lowest BCUT2D eigenvalue weighted by Crippen LogP contribution is -1.91. The summed E-state index contributed by atoms with van der Waals surface area (Å²) in [6.07, 6.45) is 6.72. The molecule has 1 aliphatic rings. The van der Waals surface area contributed by atoms with Gasteiger partial charge in [0, 0.05) is 11.6 Å². The monoisotopic (exact) mass is 190 g/mol. The Morgan fingerprint density at radius 3 is 2.57 bits per heavy atom. The summed E-state index contributed by atoms with van der Waals surface area (Å²) in [6, 6.07) is 4.79. The fourth-order valence-corrected chi connectivity index (χ4v) is 1.87. The van der Waals surface area contributed by atoms with Gasteiger partial charge in [0.15, 0.2) is 0 Å². The molecule has 2 rings (SSSR count). The van der Waals surface area contributed by atoms with Gasteiger partial charge in [-0.05, 0) is 43.4 Å². The molecule has 1 aliphatic carbocycles. The van der Waals surface area contributed by atoms with Crippen molar-refractivity contribution in [3.05, 3.63) is 29.8 Å². The normalized spacial score (nSPS) is 16.4. The Hall–Kier alpha value is -1.44. The highest BCUT2D eigenvalue weighted by Crippen LogP contribution is 2.33. The summed E-state index contributed by atoms with van der Waals surface area (Å²) >= 11 is 0. The Labute approximate surface area is 83.5 Å². The third-order valence-electron chi connectivity index (χ3n) is 2.62. The van der Waals surface area contributed by atoms with Crippen molar-refractivity contribution in [3.63, 3.8) is 0 Å². The molecule has 0 atom stereocenters. The van der Waals surface area contributed by atoms with Gasteiger partial charge in [0.2, 0.25) is 0 Å². The van der Waals surface area contributed by atoms with Gasteiger partial charge in [-0.3, -0.25) is 0 Å². The summed E-state index contributed by atoms with van der Waals surface area (Å²) in [7, 11) is 0. The number of allylic oxidation sites excluding steroid dienone is 2. The Balaban J connectivity index is 2.35. The molecule has 74 valence electrons. The van der Waals surface area contributed by atoms with E-state index in [1.165, 1.54) is 24.5 Å². The quantitative estimate of drug-likeness (QED) is 0.714. The van der Waals surface area contributed by atoms with Crippen LogP contribution >= 0.6 is 0 Å². The minimum absolute atomic E-state index is 0.114. The first-order chi connectivity index (χ1) is 6.77. The van der Waals surface area contributed by atoms with E-state index < -0.39 is 0 Å². The maximum Gasteiger partial charge on any atom is 0.126 e. The lowest BCUT2D eigenvalue weighted by atomic mass is 9.93. The summed E-state index contributed by atoms with van der Waals surface area (Å²) in [5.41, 5.74) is 2.07. The van der Waals surface area contributed by atoms with Gasteiger partial charge in [-0.1, -0.05) is 6.08 Å². The Morgan fingerprint density at radius 1 is 1.07 bits per heavy atom. The van der Waals surface area contributed by atoms with Crippen LogP contribution in [0.1, 0.15) is 31.2 Å². The fourth-order valence-electron chi connectivity index (χ4n) is 1.87. The molecular weight excluding hydrogens is 176 g/mol. The van der Waals surface area contributed by atoms with Crippen LogP contribution < -0.4 is 0 Å². The van der Waals surface area contributed by atoms with Crippen molar-refractivity contribution in [1.29, 1.82) is 0 Å². The predicted octanol–water partition coefficient (Wildman–Crippen LogP) is 3.06. The summed E-state index contributed by atoms with van der Waals surface area (Å²) in [5, 5.41) is 18.8. The number of phenols is 2. The van der Waals surface area contributed by atoms with Crippen molar-refractivity contribution in [2.45, 2.75) is 25.7 Å². The minimum Gasteiger partial charge on any atom is -0.508 e. The van der Waals surface area contributed by atoms with Crippen LogP contribution in [0.4, 0.5) is 0 Å². The number of benzene rings is 1. The maximum atomic E-state index is 9.64. The predicted molar refractivity (Wildman–Crippen MR) is 56.2 cm³/mol. The topological polar surface area (TPSA) is 40.5 Å². The van der Waals surface area contributed by atoms with Crippen LogP contribution in [0.25, 0.3) is 5.57 Å². The SMILES string of the molecule is Oc1ccc(C2=CCCCC2)c(O)c1. The highest BCUT2D eigenvalue weighted by molar-refractivity contribution is 5.71. The molecule has 0 unspecified atom stereocenters. The molecular formula is C12H14O2. The van der Waals surface area contributed by atoms with E-state index in [0.29, 0.717) is 0 Å². The number of hydrogen-bond donors (Lipinski definition) is 2. The van der Waals surface area contributed by atoms with Crippen LogP contribution in [0.3, 0.4) is 0 Å². The van der Waals surface area contributed by atoms with E-state index in [2.05, 4.69) is 6.08 Å².